The smallest absolute Gasteiger partial charge is 0.228 e. The number of aromatic nitrogens is 2. The molecule has 2 rings (SSSR count). The summed E-state index contributed by atoms with van der Waals surface area (Å²) in [7, 11) is 0. The lowest BCUT2D eigenvalue weighted by Gasteiger charge is -2.17. The average Bonchev–Trinajstić information content (AvgIpc) is 2.97. The van der Waals surface area contributed by atoms with E-state index in [1.165, 1.54) is 0 Å². The summed E-state index contributed by atoms with van der Waals surface area (Å²) in [6, 6.07) is 4.39. The number of likely N-dealkylation sites (N-methyl/N-ethyl adjacent to an activating group) is 1. The zero-order chi connectivity index (χ0) is 14.5. The van der Waals surface area contributed by atoms with Crippen molar-refractivity contribution in [3.8, 4) is 10.7 Å². The van der Waals surface area contributed by atoms with E-state index in [1.54, 1.807) is 11.3 Å². The molecule has 110 valence electrons. The summed E-state index contributed by atoms with van der Waals surface area (Å²) in [4.78, 5) is 5.52. The van der Waals surface area contributed by atoms with Gasteiger partial charge in [-0.15, -0.1) is 11.3 Å². The minimum absolute atomic E-state index is 0.392. The fraction of sp³-hybridized carbons (Fsp3) is 0.571. The lowest BCUT2D eigenvalue weighted by Crippen LogP contribution is -2.32. The van der Waals surface area contributed by atoms with Crippen molar-refractivity contribution in [3.05, 3.63) is 21.8 Å². The van der Waals surface area contributed by atoms with Crippen molar-refractivity contribution < 1.29 is 4.52 Å². The first-order chi connectivity index (χ1) is 9.58. The molecular formula is C14H20BrN3OS. The number of halogens is 1. The van der Waals surface area contributed by atoms with Gasteiger partial charge in [-0.25, -0.2) is 0 Å². The van der Waals surface area contributed by atoms with Gasteiger partial charge < -0.3 is 9.84 Å². The number of hydrogen-bond acceptors (Lipinski definition) is 5. The van der Waals surface area contributed by atoms with Gasteiger partial charge in [-0.05, 0) is 46.9 Å². The molecule has 1 atom stereocenters. The number of thiophene rings is 1. The fourth-order valence-electron chi connectivity index (χ4n) is 2.18. The molecule has 1 N–H and O–H groups in total. The van der Waals surface area contributed by atoms with Crippen molar-refractivity contribution in [1.82, 2.24) is 15.5 Å². The van der Waals surface area contributed by atoms with Gasteiger partial charge in [0.15, 0.2) is 0 Å². The second-order valence-electron chi connectivity index (χ2n) is 5.20. The van der Waals surface area contributed by atoms with Crippen molar-refractivity contribution in [2.75, 3.05) is 6.54 Å². The Morgan fingerprint density at radius 3 is 2.80 bits per heavy atom. The quantitative estimate of drug-likeness (QED) is 0.809. The van der Waals surface area contributed by atoms with E-state index in [-0.39, 0.29) is 0 Å². The van der Waals surface area contributed by atoms with E-state index in [0.717, 1.165) is 28.0 Å². The highest BCUT2D eigenvalue weighted by Gasteiger charge is 2.16. The van der Waals surface area contributed by atoms with Gasteiger partial charge >= 0.3 is 0 Å². The van der Waals surface area contributed by atoms with Gasteiger partial charge in [0, 0.05) is 12.5 Å². The molecule has 0 bridgehead atoms. The van der Waals surface area contributed by atoms with E-state index in [2.05, 4.69) is 52.2 Å². The predicted molar refractivity (Wildman–Crippen MR) is 85.9 cm³/mol. The van der Waals surface area contributed by atoms with Crippen LogP contribution in [0.2, 0.25) is 0 Å². The van der Waals surface area contributed by atoms with E-state index in [1.807, 2.05) is 12.1 Å². The number of nitrogens with one attached hydrogen (secondary N) is 1. The topological polar surface area (TPSA) is 51.0 Å². The minimum Gasteiger partial charge on any atom is -0.339 e. The van der Waals surface area contributed by atoms with Crippen LogP contribution in [-0.4, -0.2) is 22.7 Å². The van der Waals surface area contributed by atoms with Crippen LogP contribution >= 0.6 is 27.3 Å². The zero-order valence-electron chi connectivity index (χ0n) is 12.0. The molecule has 2 aromatic rings. The molecule has 20 heavy (non-hydrogen) atoms. The molecule has 6 heteroatoms. The average molecular weight is 358 g/mol. The van der Waals surface area contributed by atoms with Gasteiger partial charge in [0.2, 0.25) is 11.7 Å². The van der Waals surface area contributed by atoms with Crippen molar-refractivity contribution in [3.63, 3.8) is 0 Å². The Kier molecular flexibility index (Phi) is 5.74. The first-order valence-corrected chi connectivity index (χ1v) is 8.51. The third-order valence-electron chi connectivity index (χ3n) is 2.93. The van der Waals surface area contributed by atoms with Gasteiger partial charge in [0.25, 0.3) is 0 Å². The fourth-order valence-corrected chi connectivity index (χ4v) is 3.49. The third kappa shape index (κ3) is 4.40. The van der Waals surface area contributed by atoms with Crippen LogP contribution in [0.5, 0.6) is 0 Å². The standard InChI is InChI=1S/C14H20BrN3OS/c1-4-16-10(7-9(2)3)8-13-17-14(18-19-13)11-5-6-12(15)20-11/h5-6,9-10,16H,4,7-8H2,1-3H3. The molecule has 0 saturated carbocycles. The summed E-state index contributed by atoms with van der Waals surface area (Å²) in [6.45, 7) is 7.53. The molecule has 0 aliphatic rings. The summed E-state index contributed by atoms with van der Waals surface area (Å²) in [5.41, 5.74) is 0. The Morgan fingerprint density at radius 1 is 1.40 bits per heavy atom. The van der Waals surface area contributed by atoms with Gasteiger partial charge in [-0.3, -0.25) is 0 Å². The van der Waals surface area contributed by atoms with Crippen LogP contribution in [0.4, 0.5) is 0 Å². The molecule has 4 nitrogen and oxygen atoms in total. The monoisotopic (exact) mass is 357 g/mol. The summed E-state index contributed by atoms with van der Waals surface area (Å²) < 4.78 is 6.45. The number of rotatable bonds is 7. The van der Waals surface area contributed by atoms with Crippen LogP contribution in [0.3, 0.4) is 0 Å². The van der Waals surface area contributed by atoms with Crippen LogP contribution < -0.4 is 5.32 Å². The van der Waals surface area contributed by atoms with Crippen LogP contribution in [0.25, 0.3) is 10.7 Å². The first-order valence-electron chi connectivity index (χ1n) is 6.90. The maximum Gasteiger partial charge on any atom is 0.228 e. The molecule has 0 aliphatic heterocycles. The maximum absolute atomic E-state index is 5.38. The molecule has 0 saturated heterocycles. The molecule has 2 aromatic heterocycles. The Balaban J connectivity index is 2.04. The van der Waals surface area contributed by atoms with Gasteiger partial charge in [0.1, 0.15) is 0 Å². The summed E-state index contributed by atoms with van der Waals surface area (Å²) in [5, 5.41) is 7.55. The summed E-state index contributed by atoms with van der Waals surface area (Å²) in [5.74, 6) is 2.03. The van der Waals surface area contributed by atoms with Crippen molar-refractivity contribution in [2.24, 2.45) is 5.92 Å². The number of nitrogens with zero attached hydrogens (tertiary/aromatic N) is 2. The highest BCUT2D eigenvalue weighted by atomic mass is 79.9. The van der Waals surface area contributed by atoms with E-state index >= 15 is 0 Å². The highest BCUT2D eigenvalue weighted by molar-refractivity contribution is 9.11. The molecule has 0 radical (unpaired) electrons. The lowest BCUT2D eigenvalue weighted by molar-refractivity contribution is 0.340. The van der Waals surface area contributed by atoms with E-state index in [0.29, 0.717) is 23.7 Å². The van der Waals surface area contributed by atoms with Gasteiger partial charge in [0.05, 0.1) is 8.66 Å². The normalized spacial score (nSPS) is 13.1. The molecule has 1 unspecified atom stereocenters. The van der Waals surface area contributed by atoms with Crippen molar-refractivity contribution in [2.45, 2.75) is 39.7 Å². The molecule has 2 heterocycles. The Hall–Kier alpha value is -0.720. The molecule has 0 amide bonds. The van der Waals surface area contributed by atoms with Crippen LogP contribution in [0, 0.1) is 5.92 Å². The lowest BCUT2D eigenvalue weighted by atomic mass is 10.0. The SMILES string of the molecule is CCNC(Cc1nc(-c2ccc(Br)s2)no1)CC(C)C. The van der Waals surface area contributed by atoms with Crippen LogP contribution in [0.15, 0.2) is 20.4 Å². The maximum atomic E-state index is 5.38. The van der Waals surface area contributed by atoms with Gasteiger partial charge in [-0.1, -0.05) is 25.9 Å². The van der Waals surface area contributed by atoms with E-state index in [4.69, 9.17) is 4.52 Å². The van der Waals surface area contributed by atoms with Crippen molar-refractivity contribution in [1.29, 1.82) is 0 Å². The highest BCUT2D eigenvalue weighted by Crippen LogP contribution is 2.29. The van der Waals surface area contributed by atoms with Gasteiger partial charge in [-0.2, -0.15) is 4.98 Å². The largest absolute Gasteiger partial charge is 0.339 e. The zero-order valence-corrected chi connectivity index (χ0v) is 14.4. The number of hydrogen-bond donors (Lipinski definition) is 1. The van der Waals surface area contributed by atoms with E-state index < -0.39 is 0 Å². The van der Waals surface area contributed by atoms with Crippen molar-refractivity contribution >= 4 is 27.3 Å². The molecular weight excluding hydrogens is 338 g/mol. The second-order valence-corrected chi connectivity index (χ2v) is 7.67. The first kappa shape index (κ1) is 15.7. The molecule has 0 aliphatic carbocycles. The summed E-state index contributed by atoms with van der Waals surface area (Å²) in [6.07, 6.45) is 1.89. The molecule has 0 fully saturated rings. The second kappa shape index (κ2) is 7.33. The van der Waals surface area contributed by atoms with Crippen LogP contribution in [0.1, 0.15) is 33.1 Å². The van der Waals surface area contributed by atoms with Crippen LogP contribution in [-0.2, 0) is 6.42 Å². The Morgan fingerprint density at radius 2 is 2.20 bits per heavy atom. The Bertz CT molecular complexity index is 538. The predicted octanol–water partition coefficient (Wildman–Crippen LogP) is 4.13. The summed E-state index contributed by atoms with van der Waals surface area (Å²) >= 11 is 5.06. The minimum atomic E-state index is 0.392. The van der Waals surface area contributed by atoms with E-state index in [9.17, 15) is 0 Å². The molecule has 0 aromatic carbocycles. The molecule has 0 spiro atoms. The third-order valence-corrected chi connectivity index (χ3v) is 4.55. The Labute approximate surface area is 132 Å².